The van der Waals surface area contributed by atoms with Gasteiger partial charge in [0.2, 0.25) is 0 Å². The minimum atomic E-state index is 0.509. The minimum Gasteiger partial charge on any atom is -0.491 e. The van der Waals surface area contributed by atoms with Gasteiger partial charge >= 0.3 is 0 Å². The fourth-order valence-electron chi connectivity index (χ4n) is 1.68. The van der Waals surface area contributed by atoms with Gasteiger partial charge in [-0.3, -0.25) is 4.98 Å². The van der Waals surface area contributed by atoms with E-state index >= 15 is 0 Å². The van der Waals surface area contributed by atoms with Gasteiger partial charge in [0, 0.05) is 18.7 Å². The van der Waals surface area contributed by atoms with Crippen LogP contribution in [0.3, 0.4) is 0 Å². The van der Waals surface area contributed by atoms with Crippen molar-refractivity contribution in [2.24, 2.45) is 0 Å². The number of ether oxygens (including phenoxy) is 1. The van der Waals surface area contributed by atoms with Crippen molar-refractivity contribution >= 4 is 6.08 Å². The normalized spacial score (nSPS) is 16.1. The van der Waals surface area contributed by atoms with Crippen LogP contribution in [-0.4, -0.2) is 24.7 Å². The second-order valence-corrected chi connectivity index (χ2v) is 4.14. The van der Waals surface area contributed by atoms with Crippen LogP contribution in [0.1, 0.15) is 24.6 Å². The van der Waals surface area contributed by atoms with Crippen LogP contribution < -0.4 is 10.1 Å². The molecule has 3 nitrogen and oxygen atoms in total. The van der Waals surface area contributed by atoms with Crippen LogP contribution in [0.2, 0.25) is 0 Å². The quantitative estimate of drug-likeness (QED) is 0.839. The molecule has 0 fully saturated rings. The Bertz CT molecular complexity index is 388. The van der Waals surface area contributed by atoms with Gasteiger partial charge in [0.15, 0.2) is 0 Å². The molecule has 3 heteroatoms. The average Bonchev–Trinajstić information content (AvgIpc) is 2.76. The van der Waals surface area contributed by atoms with Crippen molar-refractivity contribution in [3.05, 3.63) is 29.6 Å². The van der Waals surface area contributed by atoms with Crippen LogP contribution >= 0.6 is 0 Å². The van der Waals surface area contributed by atoms with Gasteiger partial charge in [0.25, 0.3) is 0 Å². The Balaban J connectivity index is 2.00. The summed E-state index contributed by atoms with van der Waals surface area (Å²) in [6.45, 7) is 2.93. The summed E-state index contributed by atoms with van der Waals surface area (Å²) >= 11 is 0. The minimum absolute atomic E-state index is 0.509. The van der Waals surface area contributed by atoms with Crippen LogP contribution in [0.5, 0.6) is 5.75 Å². The van der Waals surface area contributed by atoms with Crippen LogP contribution in [-0.2, 0) is 6.42 Å². The zero-order valence-corrected chi connectivity index (χ0v) is 9.86. The van der Waals surface area contributed by atoms with Gasteiger partial charge in [-0.2, -0.15) is 0 Å². The highest BCUT2D eigenvalue weighted by molar-refractivity contribution is 5.52. The van der Waals surface area contributed by atoms with E-state index in [0.29, 0.717) is 6.04 Å². The molecule has 1 N–H and O–H groups in total. The second kappa shape index (κ2) is 5.12. The first-order valence-corrected chi connectivity index (χ1v) is 5.75. The third-order valence-electron chi connectivity index (χ3n) is 2.84. The smallest absolute Gasteiger partial charge is 0.141 e. The predicted octanol–water partition coefficient (Wildman–Crippen LogP) is 2.03. The monoisotopic (exact) mass is 218 g/mol. The molecule has 0 aromatic carbocycles. The van der Waals surface area contributed by atoms with E-state index in [0.717, 1.165) is 36.5 Å². The summed E-state index contributed by atoms with van der Waals surface area (Å²) in [4.78, 5) is 4.39. The Hall–Kier alpha value is -1.35. The number of pyridine rings is 1. The number of rotatable bonds is 4. The fourth-order valence-corrected chi connectivity index (χ4v) is 1.68. The molecule has 0 radical (unpaired) electrons. The van der Waals surface area contributed by atoms with E-state index in [1.165, 1.54) is 0 Å². The van der Waals surface area contributed by atoms with E-state index in [4.69, 9.17) is 4.74 Å². The molecule has 1 atom stereocenters. The first kappa shape index (κ1) is 11.1. The number of nitrogens with zero attached hydrogens (tertiary/aromatic N) is 1. The number of fused-ring (bicyclic) bond motifs is 1. The molecule has 2 rings (SSSR count). The van der Waals surface area contributed by atoms with Crippen molar-refractivity contribution in [1.29, 1.82) is 0 Å². The molecule has 1 aromatic heterocycles. The van der Waals surface area contributed by atoms with Gasteiger partial charge in [-0.1, -0.05) is 12.2 Å². The fraction of sp³-hybridized carbons (Fsp3) is 0.462. The number of hydrogen-bond acceptors (Lipinski definition) is 3. The molecule has 0 saturated carbocycles. The molecule has 1 aliphatic heterocycles. The number of nitrogens with one attached hydrogen (secondary N) is 1. The van der Waals surface area contributed by atoms with Crippen LogP contribution in [0, 0.1) is 0 Å². The van der Waals surface area contributed by atoms with Crippen LogP contribution in [0.25, 0.3) is 6.08 Å². The zero-order chi connectivity index (χ0) is 11.4. The Morgan fingerprint density at radius 2 is 2.50 bits per heavy atom. The van der Waals surface area contributed by atoms with E-state index in [1.54, 1.807) is 0 Å². The summed E-state index contributed by atoms with van der Waals surface area (Å²) in [6.07, 6.45) is 8.14. The first-order chi connectivity index (χ1) is 7.79. The third kappa shape index (κ3) is 2.61. The maximum Gasteiger partial charge on any atom is 0.141 e. The first-order valence-electron chi connectivity index (χ1n) is 5.75. The molecule has 1 aromatic rings. The van der Waals surface area contributed by atoms with E-state index in [2.05, 4.69) is 35.4 Å². The maximum absolute atomic E-state index is 5.48. The predicted molar refractivity (Wildman–Crippen MR) is 65.6 cm³/mol. The summed E-state index contributed by atoms with van der Waals surface area (Å²) in [7, 11) is 1.98. The Labute approximate surface area is 96.5 Å². The average molecular weight is 218 g/mol. The van der Waals surface area contributed by atoms with E-state index < -0.39 is 0 Å². The lowest BCUT2D eigenvalue weighted by molar-refractivity contribution is 0.356. The largest absolute Gasteiger partial charge is 0.491 e. The zero-order valence-electron chi connectivity index (χ0n) is 9.86. The molecular formula is C13H18N2O. The number of aromatic nitrogens is 1. The van der Waals surface area contributed by atoms with Crippen molar-refractivity contribution in [2.75, 3.05) is 13.7 Å². The van der Waals surface area contributed by atoms with E-state index in [-0.39, 0.29) is 0 Å². The summed E-state index contributed by atoms with van der Waals surface area (Å²) in [5, 5.41) is 3.20. The Kier molecular flexibility index (Phi) is 3.57. The van der Waals surface area contributed by atoms with Crippen LogP contribution in [0.15, 0.2) is 18.3 Å². The summed E-state index contributed by atoms with van der Waals surface area (Å²) in [5.74, 6) is 0.948. The molecule has 0 spiro atoms. The second-order valence-electron chi connectivity index (χ2n) is 4.14. The molecule has 0 aliphatic carbocycles. The molecule has 1 unspecified atom stereocenters. The third-order valence-corrected chi connectivity index (χ3v) is 2.84. The van der Waals surface area contributed by atoms with E-state index in [1.807, 2.05) is 13.2 Å². The van der Waals surface area contributed by atoms with Crippen LogP contribution in [0.4, 0.5) is 0 Å². The van der Waals surface area contributed by atoms with Crippen molar-refractivity contribution in [3.63, 3.8) is 0 Å². The molecule has 1 aliphatic rings. The van der Waals surface area contributed by atoms with Gasteiger partial charge in [-0.15, -0.1) is 0 Å². The molecule has 0 amide bonds. The molecule has 16 heavy (non-hydrogen) atoms. The number of hydrogen-bond donors (Lipinski definition) is 1. The van der Waals surface area contributed by atoms with Gasteiger partial charge < -0.3 is 10.1 Å². The lowest BCUT2D eigenvalue weighted by Crippen LogP contribution is -2.19. The molecule has 0 saturated heterocycles. The lowest BCUT2D eigenvalue weighted by Gasteiger charge is -2.05. The molecule has 86 valence electrons. The van der Waals surface area contributed by atoms with Crippen molar-refractivity contribution < 1.29 is 4.74 Å². The summed E-state index contributed by atoms with van der Waals surface area (Å²) in [5.41, 5.74) is 2.20. The van der Waals surface area contributed by atoms with Gasteiger partial charge in [0.05, 0.1) is 12.3 Å². The lowest BCUT2D eigenvalue weighted by atomic mass is 10.1. The Morgan fingerprint density at radius 3 is 3.31 bits per heavy atom. The van der Waals surface area contributed by atoms with Gasteiger partial charge in [-0.05, 0) is 32.0 Å². The highest BCUT2D eigenvalue weighted by Crippen LogP contribution is 2.24. The SMILES string of the molecule is CNC(C)CC=Cc1cnc2c(c1)OCC2. The summed E-state index contributed by atoms with van der Waals surface area (Å²) < 4.78 is 5.48. The van der Waals surface area contributed by atoms with Crippen molar-refractivity contribution in [2.45, 2.75) is 25.8 Å². The maximum atomic E-state index is 5.48. The van der Waals surface area contributed by atoms with Crippen molar-refractivity contribution in [1.82, 2.24) is 10.3 Å². The standard InChI is InChI=1S/C13H18N2O/c1-10(14-2)4-3-5-11-8-13-12(15-9-11)6-7-16-13/h3,5,8-10,14H,4,6-7H2,1-2H3. The highest BCUT2D eigenvalue weighted by Gasteiger charge is 2.12. The molecule has 0 bridgehead atoms. The topological polar surface area (TPSA) is 34.2 Å². The van der Waals surface area contributed by atoms with Gasteiger partial charge in [0.1, 0.15) is 5.75 Å². The van der Waals surface area contributed by atoms with Gasteiger partial charge in [-0.25, -0.2) is 0 Å². The molecule has 2 heterocycles. The van der Waals surface area contributed by atoms with E-state index in [9.17, 15) is 0 Å². The molecular weight excluding hydrogens is 200 g/mol. The Morgan fingerprint density at radius 1 is 1.62 bits per heavy atom. The van der Waals surface area contributed by atoms with Crippen molar-refractivity contribution in [3.8, 4) is 5.75 Å². The highest BCUT2D eigenvalue weighted by atomic mass is 16.5. The summed E-state index contributed by atoms with van der Waals surface area (Å²) in [6, 6.07) is 2.57.